The molecule has 0 saturated carbocycles. The highest BCUT2D eigenvalue weighted by Crippen LogP contribution is 2.32. The van der Waals surface area contributed by atoms with Gasteiger partial charge in [0.05, 0.1) is 17.6 Å². The van der Waals surface area contributed by atoms with Crippen molar-refractivity contribution in [3.63, 3.8) is 0 Å². The first kappa shape index (κ1) is 18.5. The number of imidazole rings is 1. The molecule has 6 nitrogen and oxygen atoms in total. The molecule has 0 fully saturated rings. The van der Waals surface area contributed by atoms with Gasteiger partial charge in [-0.25, -0.2) is 4.98 Å². The van der Waals surface area contributed by atoms with E-state index in [2.05, 4.69) is 20.3 Å². The molecule has 0 atom stereocenters. The molecule has 0 unspecified atom stereocenters. The molecular formula is C20H13F3N6S. The smallest absolute Gasteiger partial charge is 0.313 e. The van der Waals surface area contributed by atoms with E-state index in [9.17, 15) is 13.2 Å². The lowest BCUT2D eigenvalue weighted by molar-refractivity contribution is -0.146. The summed E-state index contributed by atoms with van der Waals surface area (Å²) in [7, 11) is 0. The minimum absolute atomic E-state index is 0.151. The van der Waals surface area contributed by atoms with Crippen LogP contribution < -0.4 is 0 Å². The summed E-state index contributed by atoms with van der Waals surface area (Å²) in [5.74, 6) is -0.672. The number of para-hydroxylation sites is 2. The second-order valence-corrected chi connectivity index (χ2v) is 7.49. The lowest BCUT2D eigenvalue weighted by atomic mass is 10.2. The summed E-state index contributed by atoms with van der Waals surface area (Å²) < 4.78 is 43.2. The van der Waals surface area contributed by atoms with E-state index in [1.807, 2.05) is 42.5 Å². The van der Waals surface area contributed by atoms with Gasteiger partial charge in [0.15, 0.2) is 5.82 Å². The van der Waals surface area contributed by atoms with E-state index in [4.69, 9.17) is 0 Å². The molecule has 5 rings (SSSR count). The van der Waals surface area contributed by atoms with Crippen LogP contribution in [0.3, 0.4) is 0 Å². The predicted molar refractivity (Wildman–Crippen MR) is 108 cm³/mol. The maximum atomic E-state index is 13.5. The fraction of sp³-hybridized carbons (Fsp3) is 0.100. The molecule has 0 amide bonds. The summed E-state index contributed by atoms with van der Waals surface area (Å²) >= 11 is 1.31. The van der Waals surface area contributed by atoms with E-state index in [1.54, 1.807) is 24.3 Å². The van der Waals surface area contributed by atoms with Gasteiger partial charge in [0.1, 0.15) is 5.01 Å². The maximum absolute atomic E-state index is 13.5. The maximum Gasteiger partial charge on any atom is 0.449 e. The van der Waals surface area contributed by atoms with Crippen molar-refractivity contribution in [2.45, 2.75) is 12.7 Å². The molecule has 0 bridgehead atoms. The van der Waals surface area contributed by atoms with Crippen LogP contribution in [0.25, 0.3) is 28.1 Å². The van der Waals surface area contributed by atoms with Crippen molar-refractivity contribution < 1.29 is 13.2 Å². The van der Waals surface area contributed by atoms with Gasteiger partial charge in [-0.05, 0) is 23.8 Å². The Labute approximate surface area is 171 Å². The third kappa shape index (κ3) is 3.35. The zero-order chi connectivity index (χ0) is 20.7. The fourth-order valence-electron chi connectivity index (χ4n) is 3.16. The van der Waals surface area contributed by atoms with E-state index in [-0.39, 0.29) is 12.1 Å². The minimum Gasteiger partial charge on any atom is -0.313 e. The van der Waals surface area contributed by atoms with Gasteiger partial charge in [0.2, 0.25) is 10.8 Å². The number of hydrogen-bond acceptors (Lipinski definition) is 5. The minimum atomic E-state index is -4.59. The van der Waals surface area contributed by atoms with Crippen LogP contribution in [-0.4, -0.2) is 29.4 Å². The summed E-state index contributed by atoms with van der Waals surface area (Å²) in [5, 5.41) is 13.2. The van der Waals surface area contributed by atoms with Gasteiger partial charge in [-0.15, -0.1) is 10.2 Å². The van der Waals surface area contributed by atoms with Crippen LogP contribution in [0.4, 0.5) is 13.2 Å². The molecule has 0 aliphatic heterocycles. The lowest BCUT2D eigenvalue weighted by Crippen LogP contribution is -2.17. The summed E-state index contributed by atoms with van der Waals surface area (Å²) in [6, 6.07) is 16.2. The number of halogens is 3. The first-order valence-corrected chi connectivity index (χ1v) is 9.77. The lowest BCUT2D eigenvalue weighted by Gasteiger charge is -2.09. The number of alkyl halides is 3. The van der Waals surface area contributed by atoms with E-state index >= 15 is 0 Å². The number of aromatic nitrogens is 6. The van der Waals surface area contributed by atoms with Crippen molar-refractivity contribution in [3.8, 4) is 0 Å². The van der Waals surface area contributed by atoms with Crippen LogP contribution in [0.1, 0.15) is 22.2 Å². The molecule has 30 heavy (non-hydrogen) atoms. The van der Waals surface area contributed by atoms with Gasteiger partial charge in [-0.1, -0.05) is 59.9 Å². The average Bonchev–Trinajstić information content (AvgIpc) is 3.41. The monoisotopic (exact) mass is 426 g/mol. The Balaban J connectivity index is 1.52. The summed E-state index contributed by atoms with van der Waals surface area (Å²) in [6.07, 6.45) is -0.836. The van der Waals surface area contributed by atoms with E-state index < -0.39 is 12.0 Å². The first-order chi connectivity index (χ1) is 14.5. The van der Waals surface area contributed by atoms with E-state index in [0.717, 1.165) is 10.1 Å². The Bertz CT molecular complexity index is 1360. The highest BCUT2D eigenvalue weighted by molar-refractivity contribution is 7.17. The molecule has 0 aliphatic carbocycles. The number of fused-ring (bicyclic) bond motifs is 2. The SMILES string of the molecule is FC(F)(F)c1nc2ccccc2n1Cc1nnc2sc(/C=C/c3ccccc3)nn12. The van der Waals surface area contributed by atoms with Gasteiger partial charge in [-0.2, -0.15) is 22.8 Å². The largest absolute Gasteiger partial charge is 0.449 e. The van der Waals surface area contributed by atoms with Crippen LogP contribution in [0.2, 0.25) is 0 Å². The Morgan fingerprint density at radius 1 is 0.933 bits per heavy atom. The molecule has 0 radical (unpaired) electrons. The van der Waals surface area contributed by atoms with E-state index in [1.165, 1.54) is 15.9 Å². The van der Waals surface area contributed by atoms with Crippen LogP contribution in [0.15, 0.2) is 54.6 Å². The van der Waals surface area contributed by atoms with Crippen LogP contribution in [0.5, 0.6) is 0 Å². The predicted octanol–water partition coefficient (Wildman–Crippen LogP) is 4.77. The second-order valence-electron chi connectivity index (χ2n) is 6.50. The van der Waals surface area contributed by atoms with Crippen molar-refractivity contribution >= 4 is 39.5 Å². The van der Waals surface area contributed by atoms with Crippen molar-refractivity contribution in [2.75, 3.05) is 0 Å². The normalized spacial score (nSPS) is 12.5. The molecule has 0 N–H and O–H groups in total. The van der Waals surface area contributed by atoms with Crippen molar-refractivity contribution in [1.29, 1.82) is 0 Å². The number of hydrogen-bond donors (Lipinski definition) is 0. The molecule has 150 valence electrons. The van der Waals surface area contributed by atoms with Gasteiger partial charge in [0, 0.05) is 0 Å². The standard InChI is InChI=1S/C20H13F3N6S/c21-20(22,23)18-24-14-8-4-5-9-15(14)28(18)12-16-25-26-19-29(16)27-17(30-19)11-10-13-6-2-1-3-7-13/h1-11H,12H2/b11-10+. The van der Waals surface area contributed by atoms with Crippen LogP contribution in [-0.2, 0) is 12.7 Å². The summed E-state index contributed by atoms with van der Waals surface area (Å²) in [6.45, 7) is -0.151. The van der Waals surface area contributed by atoms with Gasteiger partial charge < -0.3 is 4.57 Å². The van der Waals surface area contributed by atoms with Crippen molar-refractivity contribution in [1.82, 2.24) is 29.4 Å². The topological polar surface area (TPSA) is 60.9 Å². The van der Waals surface area contributed by atoms with E-state index in [0.29, 0.717) is 21.3 Å². The van der Waals surface area contributed by atoms with Crippen molar-refractivity contribution in [2.24, 2.45) is 0 Å². The molecule has 0 saturated heterocycles. The van der Waals surface area contributed by atoms with Crippen LogP contribution >= 0.6 is 11.3 Å². The molecule has 3 heterocycles. The first-order valence-electron chi connectivity index (χ1n) is 8.96. The Morgan fingerprint density at radius 2 is 1.70 bits per heavy atom. The third-order valence-electron chi connectivity index (χ3n) is 4.50. The second kappa shape index (κ2) is 7.06. The summed E-state index contributed by atoms with van der Waals surface area (Å²) in [5.41, 5.74) is 1.67. The zero-order valence-electron chi connectivity index (χ0n) is 15.3. The number of benzene rings is 2. The molecule has 0 aliphatic rings. The molecule has 0 spiro atoms. The molecule has 10 heteroatoms. The Kier molecular flexibility index (Phi) is 4.35. The Hall–Kier alpha value is -3.53. The van der Waals surface area contributed by atoms with Crippen LogP contribution in [0, 0.1) is 0 Å². The molecule has 5 aromatic rings. The third-order valence-corrected chi connectivity index (χ3v) is 5.36. The van der Waals surface area contributed by atoms with Crippen molar-refractivity contribution in [3.05, 3.63) is 76.8 Å². The summed E-state index contributed by atoms with van der Waals surface area (Å²) in [4.78, 5) is 4.27. The average molecular weight is 426 g/mol. The molecular weight excluding hydrogens is 413 g/mol. The highest BCUT2D eigenvalue weighted by Gasteiger charge is 2.38. The van der Waals surface area contributed by atoms with Gasteiger partial charge in [-0.3, -0.25) is 0 Å². The molecule has 2 aromatic carbocycles. The number of rotatable bonds is 4. The quantitative estimate of drug-likeness (QED) is 0.415. The zero-order valence-corrected chi connectivity index (χ0v) is 16.1. The number of nitrogens with zero attached hydrogens (tertiary/aromatic N) is 6. The Morgan fingerprint density at radius 3 is 2.50 bits per heavy atom. The molecule has 3 aromatic heterocycles. The van der Waals surface area contributed by atoms with Gasteiger partial charge >= 0.3 is 6.18 Å². The highest BCUT2D eigenvalue weighted by atomic mass is 32.1. The fourth-order valence-corrected chi connectivity index (χ4v) is 3.92. The van der Waals surface area contributed by atoms with Gasteiger partial charge in [0.25, 0.3) is 0 Å².